The molecule has 2 aromatic rings. The van der Waals surface area contributed by atoms with Crippen molar-refractivity contribution in [2.75, 3.05) is 7.05 Å². The minimum Gasteiger partial charge on any atom is -0.485 e. The fourth-order valence-corrected chi connectivity index (χ4v) is 3.08. The van der Waals surface area contributed by atoms with Crippen LogP contribution in [-0.2, 0) is 0 Å². The highest BCUT2D eigenvalue weighted by Crippen LogP contribution is 2.41. The quantitative estimate of drug-likeness (QED) is 0.892. The second-order valence-electron chi connectivity index (χ2n) is 4.42. The van der Waals surface area contributed by atoms with Crippen LogP contribution < -0.4 is 10.1 Å². The predicted molar refractivity (Wildman–Crippen MR) is 70.5 cm³/mol. The van der Waals surface area contributed by atoms with Crippen molar-refractivity contribution in [1.29, 1.82) is 0 Å². The van der Waals surface area contributed by atoms with E-state index >= 15 is 0 Å². The molecule has 0 radical (unpaired) electrons. The van der Waals surface area contributed by atoms with E-state index < -0.39 is 0 Å². The summed E-state index contributed by atoms with van der Waals surface area (Å²) in [5, 5.41) is 7.39. The number of hydrogen-bond donors (Lipinski definition) is 1. The van der Waals surface area contributed by atoms with Gasteiger partial charge in [0.1, 0.15) is 17.7 Å². The third kappa shape index (κ3) is 2.02. The lowest BCUT2D eigenvalue weighted by Gasteiger charge is -2.31. The fourth-order valence-electron chi connectivity index (χ4n) is 2.38. The van der Waals surface area contributed by atoms with Gasteiger partial charge < -0.3 is 10.1 Å². The van der Waals surface area contributed by atoms with E-state index in [1.54, 1.807) is 17.4 Å². The zero-order valence-electron chi connectivity index (χ0n) is 10.0. The molecule has 2 unspecified atom stereocenters. The highest BCUT2D eigenvalue weighted by atomic mass is 32.1. The molecule has 0 aliphatic carbocycles. The molecular weight excluding hydrogens is 249 g/mol. The molecule has 2 nitrogen and oxygen atoms in total. The Balaban J connectivity index is 1.98. The standard InChI is InChI=1S/C14H14FNOS/c1-16-12-7-13(9-4-5-18-8-9)17-14-6-10(15)2-3-11(12)14/h2-6,8,12-13,16H,7H2,1H3. The molecule has 2 heterocycles. The Morgan fingerprint density at radius 1 is 1.39 bits per heavy atom. The lowest BCUT2D eigenvalue weighted by Crippen LogP contribution is -2.26. The van der Waals surface area contributed by atoms with E-state index in [0.29, 0.717) is 5.75 Å². The number of thiophene rings is 1. The average molecular weight is 263 g/mol. The second kappa shape index (κ2) is 4.71. The lowest BCUT2D eigenvalue weighted by atomic mass is 9.94. The highest BCUT2D eigenvalue weighted by Gasteiger charge is 2.28. The Morgan fingerprint density at radius 2 is 2.28 bits per heavy atom. The van der Waals surface area contributed by atoms with Crippen molar-refractivity contribution in [1.82, 2.24) is 5.32 Å². The van der Waals surface area contributed by atoms with Gasteiger partial charge in [0.2, 0.25) is 0 Å². The summed E-state index contributed by atoms with van der Waals surface area (Å²) in [6, 6.07) is 7.02. The van der Waals surface area contributed by atoms with Crippen LogP contribution in [0.15, 0.2) is 35.0 Å². The van der Waals surface area contributed by atoms with Gasteiger partial charge in [-0.3, -0.25) is 0 Å². The van der Waals surface area contributed by atoms with Crippen LogP contribution in [0, 0.1) is 5.82 Å². The number of nitrogens with one attached hydrogen (secondary N) is 1. The zero-order valence-corrected chi connectivity index (χ0v) is 10.8. The molecule has 0 saturated heterocycles. The van der Waals surface area contributed by atoms with E-state index in [-0.39, 0.29) is 18.0 Å². The topological polar surface area (TPSA) is 21.3 Å². The molecule has 4 heteroatoms. The van der Waals surface area contributed by atoms with E-state index in [4.69, 9.17) is 4.74 Å². The number of halogens is 1. The first-order chi connectivity index (χ1) is 8.78. The molecule has 94 valence electrons. The van der Waals surface area contributed by atoms with E-state index in [0.717, 1.165) is 17.5 Å². The molecule has 1 aliphatic rings. The first-order valence-corrected chi connectivity index (χ1v) is 6.87. The van der Waals surface area contributed by atoms with Crippen molar-refractivity contribution in [2.24, 2.45) is 0 Å². The smallest absolute Gasteiger partial charge is 0.127 e. The van der Waals surface area contributed by atoms with Gasteiger partial charge in [-0.15, -0.1) is 0 Å². The summed E-state index contributed by atoms with van der Waals surface area (Å²) in [6.45, 7) is 0. The minimum absolute atomic E-state index is 0.00278. The van der Waals surface area contributed by atoms with Crippen molar-refractivity contribution in [3.8, 4) is 5.75 Å². The molecule has 0 bridgehead atoms. The Bertz CT molecular complexity index is 541. The summed E-state index contributed by atoms with van der Waals surface area (Å²) in [4.78, 5) is 0. The van der Waals surface area contributed by atoms with Crippen LogP contribution in [0.25, 0.3) is 0 Å². The number of hydrogen-bond acceptors (Lipinski definition) is 3. The predicted octanol–water partition coefficient (Wildman–Crippen LogP) is 3.67. The maximum atomic E-state index is 13.3. The molecule has 1 aromatic carbocycles. The van der Waals surface area contributed by atoms with Crippen molar-refractivity contribution in [3.05, 3.63) is 52.0 Å². The van der Waals surface area contributed by atoms with Crippen molar-refractivity contribution in [2.45, 2.75) is 18.6 Å². The summed E-state index contributed by atoms with van der Waals surface area (Å²) in [5.74, 6) is 0.395. The van der Waals surface area contributed by atoms with Gasteiger partial charge in [0.15, 0.2) is 0 Å². The normalized spacial score (nSPS) is 22.3. The van der Waals surface area contributed by atoms with Gasteiger partial charge in [0.25, 0.3) is 0 Å². The van der Waals surface area contributed by atoms with E-state index in [9.17, 15) is 4.39 Å². The Labute approximate surface area is 109 Å². The van der Waals surface area contributed by atoms with Crippen LogP contribution in [0.5, 0.6) is 5.75 Å². The molecule has 1 N–H and O–H groups in total. The lowest BCUT2D eigenvalue weighted by molar-refractivity contribution is 0.153. The molecule has 1 aromatic heterocycles. The molecule has 3 rings (SSSR count). The van der Waals surface area contributed by atoms with Crippen molar-refractivity contribution in [3.63, 3.8) is 0 Å². The first kappa shape index (κ1) is 11.7. The van der Waals surface area contributed by atoms with Gasteiger partial charge in [-0.05, 0) is 29.9 Å². The molecule has 0 amide bonds. The maximum absolute atomic E-state index is 13.3. The molecule has 18 heavy (non-hydrogen) atoms. The van der Waals surface area contributed by atoms with Crippen molar-refractivity contribution >= 4 is 11.3 Å². The number of ether oxygens (including phenoxy) is 1. The maximum Gasteiger partial charge on any atom is 0.127 e. The van der Waals surface area contributed by atoms with E-state index in [2.05, 4.69) is 16.8 Å². The van der Waals surface area contributed by atoms with Gasteiger partial charge in [0.05, 0.1) is 0 Å². The minimum atomic E-state index is -0.255. The summed E-state index contributed by atoms with van der Waals surface area (Å²) in [5.41, 5.74) is 2.19. The molecule has 1 aliphatic heterocycles. The Morgan fingerprint density at radius 3 is 3.00 bits per heavy atom. The highest BCUT2D eigenvalue weighted by molar-refractivity contribution is 7.07. The van der Waals surface area contributed by atoms with E-state index in [1.807, 2.05) is 12.4 Å². The average Bonchev–Trinajstić information content (AvgIpc) is 2.90. The third-order valence-electron chi connectivity index (χ3n) is 3.33. The summed E-state index contributed by atoms with van der Waals surface area (Å²) in [7, 11) is 1.92. The van der Waals surface area contributed by atoms with Gasteiger partial charge in [-0.25, -0.2) is 4.39 Å². The van der Waals surface area contributed by atoms with Crippen LogP contribution >= 0.6 is 11.3 Å². The second-order valence-corrected chi connectivity index (χ2v) is 5.20. The summed E-state index contributed by atoms with van der Waals surface area (Å²) >= 11 is 1.65. The third-order valence-corrected chi connectivity index (χ3v) is 4.03. The van der Waals surface area contributed by atoms with Gasteiger partial charge in [0, 0.05) is 29.7 Å². The van der Waals surface area contributed by atoms with Crippen LogP contribution in [0.3, 0.4) is 0 Å². The van der Waals surface area contributed by atoms with Crippen LogP contribution in [0.4, 0.5) is 4.39 Å². The molecular formula is C14H14FNOS. The molecule has 0 saturated carbocycles. The number of rotatable bonds is 2. The molecule has 0 fully saturated rings. The largest absolute Gasteiger partial charge is 0.485 e. The molecule has 2 atom stereocenters. The van der Waals surface area contributed by atoms with Crippen LogP contribution in [0.2, 0.25) is 0 Å². The number of benzene rings is 1. The van der Waals surface area contributed by atoms with Gasteiger partial charge in [-0.1, -0.05) is 6.07 Å². The zero-order chi connectivity index (χ0) is 12.5. The monoisotopic (exact) mass is 263 g/mol. The first-order valence-electron chi connectivity index (χ1n) is 5.93. The Hall–Kier alpha value is -1.39. The fraction of sp³-hybridized carbons (Fsp3) is 0.286. The Kier molecular flexibility index (Phi) is 3.06. The van der Waals surface area contributed by atoms with Gasteiger partial charge in [-0.2, -0.15) is 11.3 Å². The van der Waals surface area contributed by atoms with Gasteiger partial charge >= 0.3 is 0 Å². The van der Waals surface area contributed by atoms with E-state index in [1.165, 1.54) is 12.1 Å². The SMILES string of the molecule is CNC1CC(c2ccsc2)Oc2cc(F)ccc21. The summed E-state index contributed by atoms with van der Waals surface area (Å²) < 4.78 is 19.2. The summed E-state index contributed by atoms with van der Waals surface area (Å²) in [6.07, 6.45) is 0.870. The van der Waals surface area contributed by atoms with Crippen LogP contribution in [0.1, 0.15) is 29.7 Å². The van der Waals surface area contributed by atoms with Crippen LogP contribution in [-0.4, -0.2) is 7.05 Å². The number of fused-ring (bicyclic) bond motifs is 1. The molecule has 0 spiro atoms. The van der Waals surface area contributed by atoms with Crippen molar-refractivity contribution < 1.29 is 9.13 Å².